The molecular weight excluding hydrogens is 322 g/mol. The van der Waals surface area contributed by atoms with Gasteiger partial charge in [0, 0.05) is 56.8 Å². The molecule has 1 fully saturated rings. The van der Waals surface area contributed by atoms with Gasteiger partial charge in [-0.15, -0.1) is 0 Å². The summed E-state index contributed by atoms with van der Waals surface area (Å²) in [5, 5.41) is 10.6. The Bertz CT molecular complexity index is 769. The molecule has 0 radical (unpaired) electrons. The lowest BCUT2D eigenvalue weighted by Crippen LogP contribution is -2.48. The highest BCUT2D eigenvalue weighted by Crippen LogP contribution is 2.14. The van der Waals surface area contributed by atoms with E-state index in [0.29, 0.717) is 32.1 Å². The Morgan fingerprint density at radius 3 is 2.32 bits per heavy atom. The molecule has 0 bridgehead atoms. The van der Waals surface area contributed by atoms with Gasteiger partial charge in [0.15, 0.2) is 0 Å². The minimum atomic E-state index is -0.450. The van der Waals surface area contributed by atoms with Gasteiger partial charge in [-0.05, 0) is 29.8 Å². The summed E-state index contributed by atoms with van der Waals surface area (Å²) in [4.78, 5) is 34.7. The Morgan fingerprint density at radius 1 is 1.08 bits per heavy atom. The van der Waals surface area contributed by atoms with Crippen molar-refractivity contribution in [2.24, 2.45) is 0 Å². The van der Waals surface area contributed by atoms with Crippen molar-refractivity contribution in [2.75, 3.05) is 31.1 Å². The first-order valence-electron chi connectivity index (χ1n) is 7.87. The molecule has 2 aromatic rings. The molecule has 2 heterocycles. The van der Waals surface area contributed by atoms with Gasteiger partial charge in [0.25, 0.3) is 5.69 Å². The molecule has 8 heteroatoms. The number of carbonyl (C=O) groups is 1. The largest absolute Gasteiger partial charge is 0.337 e. The summed E-state index contributed by atoms with van der Waals surface area (Å²) < 4.78 is 0. The van der Waals surface area contributed by atoms with Crippen molar-refractivity contribution in [1.82, 2.24) is 14.9 Å². The topological polar surface area (TPSA) is 92.5 Å². The van der Waals surface area contributed by atoms with Crippen molar-refractivity contribution < 1.29 is 9.72 Å². The van der Waals surface area contributed by atoms with Gasteiger partial charge in [-0.1, -0.05) is 0 Å². The third-order valence-corrected chi connectivity index (χ3v) is 3.95. The van der Waals surface area contributed by atoms with Gasteiger partial charge >= 0.3 is 0 Å². The predicted molar refractivity (Wildman–Crippen MR) is 93.0 cm³/mol. The van der Waals surface area contributed by atoms with Gasteiger partial charge in [0.2, 0.25) is 11.9 Å². The lowest BCUT2D eigenvalue weighted by atomic mass is 10.2. The lowest BCUT2D eigenvalue weighted by Gasteiger charge is -2.34. The zero-order valence-corrected chi connectivity index (χ0v) is 13.5. The molecule has 3 rings (SSSR count). The van der Waals surface area contributed by atoms with E-state index < -0.39 is 4.92 Å². The van der Waals surface area contributed by atoms with Crippen LogP contribution in [0.3, 0.4) is 0 Å². The van der Waals surface area contributed by atoms with E-state index in [9.17, 15) is 14.9 Å². The molecule has 1 amide bonds. The number of nitro benzene ring substituents is 1. The van der Waals surface area contributed by atoms with Crippen LogP contribution < -0.4 is 4.90 Å². The lowest BCUT2D eigenvalue weighted by molar-refractivity contribution is -0.384. The van der Waals surface area contributed by atoms with Crippen LogP contribution in [-0.4, -0.2) is 51.9 Å². The number of hydrogen-bond acceptors (Lipinski definition) is 6. The van der Waals surface area contributed by atoms with Crippen molar-refractivity contribution >= 4 is 23.6 Å². The van der Waals surface area contributed by atoms with E-state index in [1.54, 1.807) is 41.6 Å². The maximum Gasteiger partial charge on any atom is 0.269 e. The van der Waals surface area contributed by atoms with Gasteiger partial charge in [-0.25, -0.2) is 9.97 Å². The standard InChI is InChI=1S/C17H17N5O3/c23-16(7-4-14-2-5-15(6-3-14)22(24)25)20-10-12-21(13-11-20)17-18-8-1-9-19-17/h1-9H,10-13H2/b7-4-. The van der Waals surface area contributed by atoms with Crippen LogP contribution in [0.25, 0.3) is 6.08 Å². The number of amides is 1. The second kappa shape index (κ2) is 7.52. The molecular formula is C17H17N5O3. The summed E-state index contributed by atoms with van der Waals surface area (Å²) in [6.07, 6.45) is 6.56. The maximum atomic E-state index is 12.3. The van der Waals surface area contributed by atoms with Crippen LogP contribution in [-0.2, 0) is 4.79 Å². The van der Waals surface area contributed by atoms with Gasteiger partial charge in [0.05, 0.1) is 4.92 Å². The summed E-state index contributed by atoms with van der Waals surface area (Å²) >= 11 is 0. The first-order valence-corrected chi connectivity index (χ1v) is 7.87. The van der Waals surface area contributed by atoms with Gasteiger partial charge in [-0.3, -0.25) is 14.9 Å². The molecule has 1 saturated heterocycles. The maximum absolute atomic E-state index is 12.3. The van der Waals surface area contributed by atoms with E-state index in [1.807, 2.05) is 4.90 Å². The molecule has 0 N–H and O–H groups in total. The molecule has 0 aliphatic carbocycles. The molecule has 0 atom stereocenters. The van der Waals surface area contributed by atoms with Crippen LogP contribution in [0.1, 0.15) is 5.56 Å². The van der Waals surface area contributed by atoms with Gasteiger partial charge < -0.3 is 9.80 Å². The monoisotopic (exact) mass is 339 g/mol. The average molecular weight is 339 g/mol. The Morgan fingerprint density at radius 2 is 1.72 bits per heavy atom. The average Bonchev–Trinajstić information content (AvgIpc) is 2.67. The van der Waals surface area contributed by atoms with Crippen molar-refractivity contribution in [3.05, 3.63) is 64.5 Å². The summed E-state index contributed by atoms with van der Waals surface area (Å²) in [7, 11) is 0. The van der Waals surface area contributed by atoms with E-state index in [1.165, 1.54) is 18.2 Å². The van der Waals surface area contributed by atoms with E-state index in [2.05, 4.69) is 9.97 Å². The molecule has 1 aliphatic heterocycles. The highest BCUT2D eigenvalue weighted by molar-refractivity contribution is 5.92. The minimum Gasteiger partial charge on any atom is -0.337 e. The molecule has 0 saturated carbocycles. The third kappa shape index (κ3) is 4.17. The fourth-order valence-corrected chi connectivity index (χ4v) is 2.56. The zero-order valence-electron chi connectivity index (χ0n) is 13.5. The Balaban J connectivity index is 1.55. The highest BCUT2D eigenvalue weighted by Gasteiger charge is 2.20. The Hall–Kier alpha value is -3.29. The zero-order chi connectivity index (χ0) is 17.6. The number of piperazine rings is 1. The van der Waals surface area contributed by atoms with Crippen LogP contribution in [0.4, 0.5) is 11.6 Å². The predicted octanol–water partition coefficient (Wildman–Crippen LogP) is 1.75. The molecule has 25 heavy (non-hydrogen) atoms. The third-order valence-electron chi connectivity index (χ3n) is 3.95. The molecule has 1 aliphatic rings. The van der Waals surface area contributed by atoms with Crippen molar-refractivity contribution in [1.29, 1.82) is 0 Å². The molecule has 128 valence electrons. The number of carbonyl (C=O) groups excluding carboxylic acids is 1. The summed E-state index contributed by atoms with van der Waals surface area (Å²) in [5.41, 5.74) is 0.776. The second-order valence-corrected chi connectivity index (χ2v) is 5.54. The normalized spacial score (nSPS) is 14.7. The number of hydrogen-bond donors (Lipinski definition) is 0. The van der Waals surface area contributed by atoms with Crippen LogP contribution in [0.15, 0.2) is 48.8 Å². The summed E-state index contributed by atoms with van der Waals surface area (Å²) in [5.74, 6) is 0.600. The van der Waals surface area contributed by atoms with E-state index in [4.69, 9.17) is 0 Å². The molecule has 1 aromatic carbocycles. The summed E-state index contributed by atoms with van der Waals surface area (Å²) in [6, 6.07) is 7.84. The van der Waals surface area contributed by atoms with E-state index in [0.717, 1.165) is 5.56 Å². The SMILES string of the molecule is O=C(/C=C\c1ccc([N+](=O)[O-])cc1)N1CCN(c2ncccn2)CC1. The Kier molecular flexibility index (Phi) is 4.98. The number of aromatic nitrogens is 2. The number of non-ortho nitro benzene ring substituents is 1. The van der Waals surface area contributed by atoms with Gasteiger partial charge in [-0.2, -0.15) is 0 Å². The van der Waals surface area contributed by atoms with Crippen LogP contribution in [0.2, 0.25) is 0 Å². The molecule has 8 nitrogen and oxygen atoms in total. The van der Waals surface area contributed by atoms with Crippen molar-refractivity contribution in [3.8, 4) is 0 Å². The fourth-order valence-electron chi connectivity index (χ4n) is 2.56. The number of nitro groups is 1. The van der Waals surface area contributed by atoms with Crippen LogP contribution >= 0.6 is 0 Å². The minimum absolute atomic E-state index is 0.0303. The van der Waals surface area contributed by atoms with Crippen molar-refractivity contribution in [2.45, 2.75) is 0 Å². The summed E-state index contributed by atoms with van der Waals surface area (Å²) in [6.45, 7) is 2.56. The second-order valence-electron chi connectivity index (χ2n) is 5.54. The van der Waals surface area contributed by atoms with Crippen LogP contribution in [0.5, 0.6) is 0 Å². The first kappa shape index (κ1) is 16.6. The van der Waals surface area contributed by atoms with Crippen molar-refractivity contribution in [3.63, 3.8) is 0 Å². The molecule has 0 unspecified atom stereocenters. The number of nitrogens with zero attached hydrogens (tertiary/aromatic N) is 5. The number of benzene rings is 1. The number of anilines is 1. The number of rotatable bonds is 4. The van der Waals surface area contributed by atoms with Crippen LogP contribution in [0, 0.1) is 10.1 Å². The Labute approximate surface area is 144 Å². The van der Waals surface area contributed by atoms with Gasteiger partial charge in [0.1, 0.15) is 0 Å². The van der Waals surface area contributed by atoms with E-state index in [-0.39, 0.29) is 11.6 Å². The highest BCUT2D eigenvalue weighted by atomic mass is 16.6. The molecule has 0 spiro atoms. The molecule has 1 aromatic heterocycles. The quantitative estimate of drug-likeness (QED) is 0.479. The van der Waals surface area contributed by atoms with E-state index >= 15 is 0 Å². The first-order chi connectivity index (χ1) is 12.1. The fraction of sp³-hybridized carbons (Fsp3) is 0.235. The smallest absolute Gasteiger partial charge is 0.269 e.